The predicted octanol–water partition coefficient (Wildman–Crippen LogP) is 3.10. The third kappa shape index (κ3) is 4.31. The molecule has 2 rings (SSSR count). The zero-order chi connectivity index (χ0) is 14.3. The van der Waals surface area contributed by atoms with Crippen molar-refractivity contribution in [3.63, 3.8) is 0 Å². The highest BCUT2D eigenvalue weighted by Gasteiger charge is 2.37. The molecule has 2 N–H and O–H groups in total. The van der Waals surface area contributed by atoms with Crippen LogP contribution in [0, 0.1) is 5.41 Å². The van der Waals surface area contributed by atoms with Gasteiger partial charge in [0.25, 0.3) is 5.91 Å². The molecule has 4 nitrogen and oxygen atoms in total. The lowest BCUT2D eigenvalue weighted by atomic mass is 9.90. The van der Waals surface area contributed by atoms with E-state index >= 15 is 0 Å². The van der Waals surface area contributed by atoms with Gasteiger partial charge in [0.15, 0.2) is 0 Å². The Balaban J connectivity index is 0.00000200. The van der Waals surface area contributed by atoms with Crippen molar-refractivity contribution in [3.05, 3.63) is 16.1 Å². The Bertz CT molecular complexity index is 487. The largest absolute Gasteiger partial charge is 0.337 e. The van der Waals surface area contributed by atoms with Crippen molar-refractivity contribution in [1.82, 2.24) is 9.88 Å². The van der Waals surface area contributed by atoms with Gasteiger partial charge in [0.2, 0.25) is 0 Å². The van der Waals surface area contributed by atoms with E-state index in [2.05, 4.69) is 32.7 Å². The first-order valence-electron chi connectivity index (χ1n) is 6.70. The Kier molecular flexibility index (Phi) is 7.14. The number of rotatable bonds is 2. The average molecular weight is 354 g/mol. The van der Waals surface area contributed by atoms with Gasteiger partial charge in [-0.3, -0.25) is 4.79 Å². The van der Waals surface area contributed by atoms with Crippen molar-refractivity contribution in [3.8, 4) is 0 Å². The van der Waals surface area contributed by atoms with Crippen molar-refractivity contribution in [2.75, 3.05) is 19.6 Å². The summed E-state index contributed by atoms with van der Waals surface area (Å²) in [4.78, 5) is 19.7. The van der Waals surface area contributed by atoms with Gasteiger partial charge < -0.3 is 10.6 Å². The molecule has 1 unspecified atom stereocenters. The first-order chi connectivity index (χ1) is 8.77. The zero-order valence-electron chi connectivity index (χ0n) is 13.0. The summed E-state index contributed by atoms with van der Waals surface area (Å²) in [5, 5.41) is 0. The minimum Gasteiger partial charge on any atom is -0.337 e. The van der Waals surface area contributed by atoms with Gasteiger partial charge in [-0.15, -0.1) is 36.2 Å². The first-order valence-corrected chi connectivity index (χ1v) is 7.58. The number of hydrogen-bond donors (Lipinski definition) is 1. The van der Waals surface area contributed by atoms with Crippen molar-refractivity contribution >= 4 is 42.1 Å². The molecular weight excluding hydrogens is 329 g/mol. The second kappa shape index (κ2) is 7.27. The maximum atomic E-state index is 12.6. The molecule has 0 radical (unpaired) electrons. The minimum absolute atomic E-state index is 0. The molecule has 0 saturated carbocycles. The van der Waals surface area contributed by atoms with Crippen molar-refractivity contribution in [1.29, 1.82) is 0 Å². The molecule has 122 valence electrons. The van der Waals surface area contributed by atoms with E-state index in [-0.39, 0.29) is 41.6 Å². The second-order valence-corrected chi connectivity index (χ2v) is 7.63. The second-order valence-electron chi connectivity index (χ2n) is 6.77. The van der Waals surface area contributed by atoms with Gasteiger partial charge in [0, 0.05) is 18.5 Å². The van der Waals surface area contributed by atoms with Crippen LogP contribution in [-0.2, 0) is 5.41 Å². The highest BCUT2D eigenvalue weighted by Crippen LogP contribution is 2.33. The Hall–Kier alpha value is -0.360. The molecule has 0 aliphatic carbocycles. The number of carbonyl (C=O) groups is 1. The number of likely N-dealkylation sites (tertiary alicyclic amines) is 1. The van der Waals surface area contributed by atoms with E-state index in [1.807, 2.05) is 4.90 Å². The molecule has 2 heterocycles. The molecule has 0 bridgehead atoms. The third-order valence-electron chi connectivity index (χ3n) is 3.81. The summed E-state index contributed by atoms with van der Waals surface area (Å²) in [6.45, 7) is 10.6. The predicted molar refractivity (Wildman–Crippen MR) is 93.0 cm³/mol. The first kappa shape index (κ1) is 20.6. The Labute approximate surface area is 143 Å². The van der Waals surface area contributed by atoms with E-state index in [1.165, 1.54) is 11.3 Å². The van der Waals surface area contributed by atoms with E-state index in [0.29, 0.717) is 6.54 Å². The maximum absolute atomic E-state index is 12.6. The zero-order valence-corrected chi connectivity index (χ0v) is 15.5. The van der Waals surface area contributed by atoms with Crippen LogP contribution < -0.4 is 5.73 Å². The Morgan fingerprint density at radius 2 is 2.10 bits per heavy atom. The standard InChI is InChI=1S/C14H23N3OS.2ClH/c1-13(2,3)11-10(19-9-16-11)12(18)17-6-5-14(4,7-15)8-17;;/h9H,5-8,15H2,1-4H3;2*1H. The van der Waals surface area contributed by atoms with Gasteiger partial charge in [-0.05, 0) is 18.4 Å². The molecule has 1 aliphatic rings. The van der Waals surface area contributed by atoms with Crippen molar-refractivity contribution < 1.29 is 4.79 Å². The summed E-state index contributed by atoms with van der Waals surface area (Å²) in [6, 6.07) is 0. The fraction of sp³-hybridized carbons (Fsp3) is 0.714. The van der Waals surface area contributed by atoms with E-state index < -0.39 is 0 Å². The lowest BCUT2D eigenvalue weighted by Gasteiger charge is -2.23. The number of thiazole rings is 1. The molecule has 1 aliphatic heterocycles. The Morgan fingerprint density at radius 1 is 1.48 bits per heavy atom. The molecule has 1 aromatic heterocycles. The quantitative estimate of drug-likeness (QED) is 0.888. The molecule has 7 heteroatoms. The molecule has 1 atom stereocenters. The molecule has 21 heavy (non-hydrogen) atoms. The summed E-state index contributed by atoms with van der Waals surface area (Å²) in [5.41, 5.74) is 8.45. The normalized spacial score (nSPS) is 21.7. The number of carbonyl (C=O) groups excluding carboxylic acids is 1. The number of halogens is 2. The molecule has 1 fully saturated rings. The summed E-state index contributed by atoms with van der Waals surface area (Å²) in [5.74, 6) is 0.115. The number of aromatic nitrogens is 1. The van der Waals surface area contributed by atoms with Crippen LogP contribution in [0.4, 0.5) is 0 Å². The van der Waals surface area contributed by atoms with Crippen LogP contribution in [0.3, 0.4) is 0 Å². The van der Waals surface area contributed by atoms with Crippen LogP contribution in [0.5, 0.6) is 0 Å². The SMILES string of the molecule is CC1(CN)CCN(C(=O)c2scnc2C(C)(C)C)C1.Cl.Cl. The average Bonchev–Trinajstić information content (AvgIpc) is 2.94. The third-order valence-corrected chi connectivity index (χ3v) is 4.62. The molecular formula is C14H25Cl2N3OS. The molecule has 0 spiro atoms. The molecule has 0 aromatic carbocycles. The Morgan fingerprint density at radius 3 is 2.57 bits per heavy atom. The van der Waals surface area contributed by atoms with E-state index in [4.69, 9.17) is 5.73 Å². The fourth-order valence-electron chi connectivity index (χ4n) is 2.44. The van der Waals surface area contributed by atoms with Gasteiger partial charge in [0.05, 0.1) is 11.2 Å². The highest BCUT2D eigenvalue weighted by molar-refractivity contribution is 7.11. The number of nitrogens with two attached hydrogens (primary N) is 1. The molecule has 1 saturated heterocycles. The van der Waals surface area contributed by atoms with Gasteiger partial charge in [0.1, 0.15) is 4.88 Å². The summed E-state index contributed by atoms with van der Waals surface area (Å²) in [7, 11) is 0. The van der Waals surface area contributed by atoms with Crippen LogP contribution in [0.1, 0.15) is 49.5 Å². The van der Waals surface area contributed by atoms with Gasteiger partial charge in [-0.1, -0.05) is 27.7 Å². The number of nitrogens with zero attached hydrogens (tertiary/aromatic N) is 2. The van der Waals surface area contributed by atoms with E-state index in [0.717, 1.165) is 30.1 Å². The van der Waals surface area contributed by atoms with Gasteiger partial charge >= 0.3 is 0 Å². The van der Waals surface area contributed by atoms with Crippen LogP contribution in [-0.4, -0.2) is 35.4 Å². The van der Waals surface area contributed by atoms with Crippen LogP contribution in [0.25, 0.3) is 0 Å². The van der Waals surface area contributed by atoms with Crippen LogP contribution in [0.2, 0.25) is 0 Å². The van der Waals surface area contributed by atoms with Crippen LogP contribution in [0.15, 0.2) is 5.51 Å². The number of amides is 1. The monoisotopic (exact) mass is 353 g/mol. The van der Waals surface area contributed by atoms with E-state index in [1.54, 1.807) is 5.51 Å². The molecule has 1 amide bonds. The fourth-order valence-corrected chi connectivity index (χ4v) is 3.40. The number of hydrogen-bond acceptors (Lipinski definition) is 4. The lowest BCUT2D eigenvalue weighted by molar-refractivity contribution is 0.0779. The summed E-state index contributed by atoms with van der Waals surface area (Å²) < 4.78 is 0. The maximum Gasteiger partial charge on any atom is 0.265 e. The minimum atomic E-state index is -0.0953. The van der Waals surface area contributed by atoms with Crippen LogP contribution >= 0.6 is 36.2 Å². The van der Waals surface area contributed by atoms with Crippen molar-refractivity contribution in [2.45, 2.75) is 39.5 Å². The van der Waals surface area contributed by atoms with E-state index in [9.17, 15) is 4.79 Å². The lowest BCUT2D eigenvalue weighted by Crippen LogP contribution is -2.35. The highest BCUT2D eigenvalue weighted by atomic mass is 35.5. The van der Waals surface area contributed by atoms with Crippen molar-refractivity contribution in [2.24, 2.45) is 11.1 Å². The summed E-state index contributed by atoms with van der Waals surface area (Å²) >= 11 is 1.45. The topological polar surface area (TPSA) is 59.2 Å². The van der Waals surface area contributed by atoms with Gasteiger partial charge in [-0.2, -0.15) is 0 Å². The van der Waals surface area contributed by atoms with Gasteiger partial charge in [-0.25, -0.2) is 4.98 Å². The summed E-state index contributed by atoms with van der Waals surface area (Å²) in [6.07, 6.45) is 0.985. The smallest absolute Gasteiger partial charge is 0.265 e. The molecule has 1 aromatic rings.